The zero-order chi connectivity index (χ0) is 13.5. The Hall–Kier alpha value is -1.33. The van der Waals surface area contributed by atoms with E-state index < -0.39 is 5.97 Å². The number of halogens is 1. The molecule has 18 heavy (non-hydrogen) atoms. The summed E-state index contributed by atoms with van der Waals surface area (Å²) in [5.41, 5.74) is 0.0397. The topological polar surface area (TPSA) is 82.5 Å². The summed E-state index contributed by atoms with van der Waals surface area (Å²) in [6.45, 7) is 2.78. The van der Waals surface area contributed by atoms with Gasteiger partial charge in [0, 0.05) is 19.3 Å². The van der Waals surface area contributed by atoms with Crippen LogP contribution in [0.5, 0.6) is 0 Å². The maximum Gasteiger partial charge on any atom is 0.337 e. The van der Waals surface area contributed by atoms with E-state index in [1.807, 2.05) is 6.92 Å². The van der Waals surface area contributed by atoms with E-state index >= 15 is 0 Å². The predicted octanol–water partition coefficient (Wildman–Crippen LogP) is 2.25. The van der Waals surface area contributed by atoms with Crippen LogP contribution >= 0.6 is 11.6 Å². The third-order valence-corrected chi connectivity index (χ3v) is 2.98. The van der Waals surface area contributed by atoms with Crippen molar-refractivity contribution in [3.8, 4) is 0 Å². The van der Waals surface area contributed by atoms with Crippen molar-refractivity contribution in [2.45, 2.75) is 19.8 Å². The van der Waals surface area contributed by atoms with Gasteiger partial charge >= 0.3 is 5.97 Å². The van der Waals surface area contributed by atoms with Gasteiger partial charge in [0.25, 0.3) is 0 Å². The van der Waals surface area contributed by atoms with Crippen LogP contribution in [-0.2, 0) is 0 Å². The lowest BCUT2D eigenvalue weighted by atomic mass is 10.1. The highest BCUT2D eigenvalue weighted by molar-refractivity contribution is 6.35. The smallest absolute Gasteiger partial charge is 0.337 e. The number of aromatic carboxylic acids is 1. The van der Waals surface area contributed by atoms with Crippen LogP contribution in [0.15, 0.2) is 12.3 Å². The van der Waals surface area contributed by atoms with Crippen molar-refractivity contribution in [2.75, 3.05) is 18.5 Å². The number of pyridine rings is 1. The number of hydrogen-bond acceptors (Lipinski definition) is 4. The Morgan fingerprint density at radius 2 is 2.33 bits per heavy atom. The number of carbonyl (C=O) groups is 1. The third kappa shape index (κ3) is 4.16. The molecule has 100 valence electrons. The van der Waals surface area contributed by atoms with Crippen LogP contribution in [0.4, 0.5) is 5.82 Å². The van der Waals surface area contributed by atoms with Crippen LogP contribution in [0.1, 0.15) is 30.1 Å². The van der Waals surface area contributed by atoms with E-state index in [0.29, 0.717) is 12.4 Å². The monoisotopic (exact) mass is 272 g/mol. The van der Waals surface area contributed by atoms with E-state index in [9.17, 15) is 4.79 Å². The zero-order valence-corrected chi connectivity index (χ0v) is 10.9. The van der Waals surface area contributed by atoms with Gasteiger partial charge in [-0.25, -0.2) is 9.78 Å². The standard InChI is InChI=1S/C12H17ClN2O3/c1-8(7-16)3-2-5-14-11-10(13)9(12(17)18)4-6-15-11/h4,6,8,16H,2-3,5,7H2,1H3,(H,14,15)(H,17,18). The number of aliphatic hydroxyl groups excluding tert-OH is 1. The van der Waals surface area contributed by atoms with Crippen LogP contribution in [-0.4, -0.2) is 34.3 Å². The lowest BCUT2D eigenvalue weighted by Gasteiger charge is -2.10. The summed E-state index contributed by atoms with van der Waals surface area (Å²) < 4.78 is 0. The molecule has 0 spiro atoms. The van der Waals surface area contributed by atoms with Gasteiger partial charge in [0.15, 0.2) is 0 Å². The minimum Gasteiger partial charge on any atom is -0.478 e. The fraction of sp³-hybridized carbons (Fsp3) is 0.500. The minimum atomic E-state index is -1.07. The van der Waals surface area contributed by atoms with E-state index in [1.54, 1.807) is 0 Å². The molecule has 0 aliphatic rings. The van der Waals surface area contributed by atoms with Gasteiger partial charge in [0.2, 0.25) is 0 Å². The molecule has 0 aliphatic heterocycles. The maximum absolute atomic E-state index is 10.9. The first kappa shape index (κ1) is 14.7. The molecule has 0 aliphatic carbocycles. The molecule has 3 N–H and O–H groups in total. The van der Waals surface area contributed by atoms with Gasteiger partial charge in [0.1, 0.15) is 5.82 Å². The van der Waals surface area contributed by atoms with Gasteiger partial charge in [-0.15, -0.1) is 0 Å². The molecule has 0 saturated carbocycles. The van der Waals surface area contributed by atoms with Crippen molar-refractivity contribution < 1.29 is 15.0 Å². The highest BCUT2D eigenvalue weighted by atomic mass is 35.5. The third-order valence-electron chi connectivity index (χ3n) is 2.60. The molecule has 1 heterocycles. The fourth-order valence-electron chi connectivity index (χ4n) is 1.48. The molecule has 0 amide bonds. The van der Waals surface area contributed by atoms with E-state index in [-0.39, 0.29) is 23.1 Å². The van der Waals surface area contributed by atoms with Crippen molar-refractivity contribution in [1.82, 2.24) is 4.98 Å². The Bertz CT molecular complexity index is 412. The number of nitrogens with zero attached hydrogens (tertiary/aromatic N) is 1. The lowest BCUT2D eigenvalue weighted by Crippen LogP contribution is -2.09. The molecule has 5 nitrogen and oxygen atoms in total. The number of carboxylic acids is 1. The number of rotatable bonds is 7. The molecule has 1 unspecified atom stereocenters. The molecule has 0 saturated heterocycles. The second kappa shape index (κ2) is 7.18. The zero-order valence-electron chi connectivity index (χ0n) is 10.2. The average Bonchev–Trinajstić information content (AvgIpc) is 2.35. The maximum atomic E-state index is 10.9. The first-order chi connectivity index (χ1) is 8.56. The Labute approximate surface area is 111 Å². The Morgan fingerprint density at radius 3 is 2.94 bits per heavy atom. The largest absolute Gasteiger partial charge is 0.478 e. The fourth-order valence-corrected chi connectivity index (χ4v) is 1.74. The van der Waals surface area contributed by atoms with Gasteiger partial charge in [-0.05, 0) is 24.8 Å². The number of anilines is 1. The molecular weight excluding hydrogens is 256 g/mol. The molecule has 6 heteroatoms. The van der Waals surface area contributed by atoms with Gasteiger partial charge in [-0.1, -0.05) is 18.5 Å². The van der Waals surface area contributed by atoms with Crippen molar-refractivity contribution in [2.24, 2.45) is 5.92 Å². The van der Waals surface area contributed by atoms with E-state index in [4.69, 9.17) is 21.8 Å². The summed E-state index contributed by atoms with van der Waals surface area (Å²) in [5, 5.41) is 20.9. The highest BCUT2D eigenvalue weighted by Crippen LogP contribution is 2.23. The minimum absolute atomic E-state index is 0.0397. The Morgan fingerprint density at radius 1 is 1.61 bits per heavy atom. The van der Waals surface area contributed by atoms with Gasteiger partial charge in [-0.3, -0.25) is 0 Å². The van der Waals surface area contributed by atoms with E-state index in [0.717, 1.165) is 12.8 Å². The first-order valence-electron chi connectivity index (χ1n) is 5.78. The number of aliphatic hydroxyl groups is 1. The van der Waals surface area contributed by atoms with Crippen molar-refractivity contribution in [3.05, 3.63) is 22.8 Å². The summed E-state index contributed by atoms with van der Waals surface area (Å²) in [7, 11) is 0. The predicted molar refractivity (Wildman–Crippen MR) is 70.2 cm³/mol. The summed E-state index contributed by atoms with van der Waals surface area (Å²) in [6, 6.07) is 1.36. The van der Waals surface area contributed by atoms with Gasteiger partial charge < -0.3 is 15.5 Å². The highest BCUT2D eigenvalue weighted by Gasteiger charge is 2.12. The molecule has 0 aromatic carbocycles. The molecule has 1 aromatic rings. The Kier molecular flexibility index (Phi) is 5.88. The second-order valence-electron chi connectivity index (χ2n) is 4.18. The average molecular weight is 273 g/mol. The number of hydrogen-bond donors (Lipinski definition) is 3. The van der Waals surface area contributed by atoms with E-state index in [2.05, 4.69) is 10.3 Å². The number of carboxylic acid groups (broad SMARTS) is 1. The molecule has 0 radical (unpaired) electrons. The van der Waals surface area contributed by atoms with Gasteiger partial charge in [0.05, 0.1) is 10.6 Å². The van der Waals surface area contributed by atoms with E-state index in [1.165, 1.54) is 12.3 Å². The van der Waals surface area contributed by atoms with Crippen molar-refractivity contribution in [1.29, 1.82) is 0 Å². The van der Waals surface area contributed by atoms with Crippen LogP contribution < -0.4 is 5.32 Å². The molecule has 0 bridgehead atoms. The lowest BCUT2D eigenvalue weighted by molar-refractivity contribution is 0.0697. The summed E-state index contributed by atoms with van der Waals surface area (Å²) in [4.78, 5) is 14.9. The number of nitrogens with one attached hydrogen (secondary N) is 1. The molecule has 1 atom stereocenters. The second-order valence-corrected chi connectivity index (χ2v) is 4.56. The van der Waals surface area contributed by atoms with Crippen molar-refractivity contribution >= 4 is 23.4 Å². The van der Waals surface area contributed by atoms with Crippen LogP contribution in [0.3, 0.4) is 0 Å². The normalized spacial score (nSPS) is 12.2. The summed E-state index contributed by atoms with van der Waals surface area (Å²) in [6.07, 6.45) is 3.16. The SMILES string of the molecule is CC(CO)CCCNc1nccc(C(=O)O)c1Cl. The molecule has 0 fully saturated rings. The van der Waals surface area contributed by atoms with Crippen LogP contribution in [0.2, 0.25) is 5.02 Å². The molecular formula is C12H17ClN2O3. The Balaban J connectivity index is 2.53. The summed E-state index contributed by atoms with van der Waals surface area (Å²) >= 11 is 5.93. The molecule has 1 aromatic heterocycles. The molecule has 1 rings (SSSR count). The quantitative estimate of drug-likeness (QED) is 0.663. The van der Waals surface area contributed by atoms with Crippen LogP contribution in [0, 0.1) is 5.92 Å². The first-order valence-corrected chi connectivity index (χ1v) is 6.16. The summed E-state index contributed by atoms with van der Waals surface area (Å²) in [5.74, 6) is -0.423. The van der Waals surface area contributed by atoms with Crippen molar-refractivity contribution in [3.63, 3.8) is 0 Å². The van der Waals surface area contributed by atoms with Gasteiger partial charge in [-0.2, -0.15) is 0 Å². The number of aromatic nitrogens is 1. The van der Waals surface area contributed by atoms with Crippen LogP contribution in [0.25, 0.3) is 0 Å².